The number of nitrogens with one attached hydrogen (secondary N) is 2. The molecule has 1 amide bonds. The molecule has 2 fully saturated rings. The van der Waals surface area contributed by atoms with Gasteiger partial charge in [0.1, 0.15) is 17.5 Å². The Bertz CT molecular complexity index is 1260. The van der Waals surface area contributed by atoms with Crippen molar-refractivity contribution in [3.05, 3.63) is 88.8 Å². The number of primary amides is 1. The van der Waals surface area contributed by atoms with Gasteiger partial charge in [-0.05, 0) is 68.5 Å². The standard InChI is InChI=1S/C27H27F2N5O/c28-22-4-3-5-23(29)20(22)15-31-24-14-26(32-16-21(24)27(30)35)33-18-9-11-19(12-10-18)34-13-2-1-6-25(34)17-7-8-17/h3-5,9-12,14,16H,1-2,6-8,13,15H2,(H2,30,35)(H2,31,32,33). The number of hydrogen-bond acceptors (Lipinski definition) is 5. The number of halogens is 2. The van der Waals surface area contributed by atoms with Crippen LogP contribution in [0.4, 0.5) is 31.7 Å². The van der Waals surface area contributed by atoms with Crippen molar-refractivity contribution in [2.24, 2.45) is 5.73 Å². The number of carbonyl (C=O) groups is 1. The molecule has 1 aliphatic carbocycles. The molecule has 0 bridgehead atoms. The van der Waals surface area contributed by atoms with E-state index in [1.54, 1.807) is 11.6 Å². The summed E-state index contributed by atoms with van der Waals surface area (Å²) in [4.78, 5) is 18.6. The number of anilines is 4. The van der Waals surface area contributed by atoms with Gasteiger partial charge in [-0.15, -0.1) is 0 Å². The second-order valence-electron chi connectivity index (χ2n) is 8.86. The maximum absolute atomic E-state index is 14.0. The van der Waals surface area contributed by atoms with Crippen LogP contribution in [-0.4, -0.2) is 17.4 Å². The Balaban J connectivity index is 1.33. The number of amides is 1. The van der Waals surface area contributed by atoms with Crippen molar-refractivity contribution in [3.8, 4) is 0 Å². The molecule has 2 aromatic carbocycles. The molecule has 1 aromatic heterocycles. The van der Waals surface area contributed by atoms with Crippen molar-refractivity contribution in [2.75, 3.05) is 22.1 Å². The maximum atomic E-state index is 14.0. The lowest BCUT2D eigenvalue weighted by Gasteiger charge is -2.32. The Labute approximate surface area is 202 Å². The van der Waals surface area contributed by atoms with Crippen LogP contribution in [0.25, 0.3) is 0 Å². The fourth-order valence-electron chi connectivity index (χ4n) is 4.46. The van der Waals surface area contributed by atoms with Gasteiger partial charge in [0.05, 0.1) is 11.3 Å². The first-order valence-electron chi connectivity index (χ1n) is 11.8. The first-order valence-corrected chi connectivity index (χ1v) is 11.8. The largest absolute Gasteiger partial charge is 0.380 e. The van der Waals surface area contributed by atoms with Crippen molar-refractivity contribution >= 4 is 28.8 Å². The summed E-state index contributed by atoms with van der Waals surface area (Å²) in [5, 5.41) is 6.15. The van der Waals surface area contributed by atoms with Crippen LogP contribution in [0, 0.1) is 11.6 Å². The smallest absolute Gasteiger partial charge is 0.252 e. The zero-order chi connectivity index (χ0) is 24.4. The Kier molecular flexibility index (Phi) is 6.35. The summed E-state index contributed by atoms with van der Waals surface area (Å²) in [5.74, 6) is -1.55. The van der Waals surface area contributed by atoms with Gasteiger partial charge in [-0.2, -0.15) is 0 Å². The highest BCUT2D eigenvalue weighted by Crippen LogP contribution is 2.39. The Morgan fingerprint density at radius 1 is 1.03 bits per heavy atom. The Morgan fingerprint density at radius 3 is 2.46 bits per heavy atom. The second kappa shape index (κ2) is 9.74. The van der Waals surface area contributed by atoms with Crippen LogP contribution >= 0.6 is 0 Å². The van der Waals surface area contributed by atoms with Crippen molar-refractivity contribution in [2.45, 2.75) is 38.6 Å². The van der Waals surface area contributed by atoms with Gasteiger partial charge in [0, 0.05) is 48.0 Å². The van der Waals surface area contributed by atoms with Gasteiger partial charge >= 0.3 is 0 Å². The van der Waals surface area contributed by atoms with Crippen LogP contribution < -0.4 is 21.3 Å². The van der Waals surface area contributed by atoms with Crippen LogP contribution in [0.5, 0.6) is 0 Å². The van der Waals surface area contributed by atoms with Crippen molar-refractivity contribution < 1.29 is 13.6 Å². The third-order valence-electron chi connectivity index (χ3n) is 6.42. The van der Waals surface area contributed by atoms with Crippen molar-refractivity contribution in [1.29, 1.82) is 0 Å². The first-order chi connectivity index (χ1) is 17.0. The minimum absolute atomic E-state index is 0.122. The summed E-state index contributed by atoms with van der Waals surface area (Å²) >= 11 is 0. The van der Waals surface area contributed by atoms with Gasteiger partial charge in [0.15, 0.2) is 0 Å². The Morgan fingerprint density at radius 2 is 1.77 bits per heavy atom. The number of allylic oxidation sites excluding steroid dienone is 2. The quantitative estimate of drug-likeness (QED) is 0.399. The van der Waals surface area contributed by atoms with Crippen LogP contribution in [0.3, 0.4) is 0 Å². The van der Waals surface area contributed by atoms with E-state index >= 15 is 0 Å². The number of nitrogens with zero attached hydrogens (tertiary/aromatic N) is 2. The predicted molar refractivity (Wildman–Crippen MR) is 134 cm³/mol. The summed E-state index contributed by atoms with van der Waals surface area (Å²) in [5.41, 5.74) is 10.9. The highest BCUT2D eigenvalue weighted by molar-refractivity contribution is 5.98. The van der Waals surface area contributed by atoms with Gasteiger partial charge in [-0.25, -0.2) is 13.8 Å². The maximum Gasteiger partial charge on any atom is 0.252 e. The van der Waals surface area contributed by atoms with Gasteiger partial charge in [-0.1, -0.05) is 11.6 Å². The molecule has 2 heterocycles. The fourth-order valence-corrected chi connectivity index (χ4v) is 4.46. The molecule has 1 aliphatic heterocycles. The number of hydrogen-bond donors (Lipinski definition) is 3. The molecule has 1 saturated heterocycles. The summed E-state index contributed by atoms with van der Waals surface area (Å²) in [6.07, 6.45) is 7.39. The first kappa shape index (κ1) is 22.8. The van der Waals surface area contributed by atoms with Gasteiger partial charge in [-0.3, -0.25) is 4.79 Å². The molecule has 5 rings (SSSR count). The van der Waals surface area contributed by atoms with E-state index in [1.807, 2.05) is 12.1 Å². The van der Waals surface area contributed by atoms with E-state index in [4.69, 9.17) is 5.73 Å². The second-order valence-corrected chi connectivity index (χ2v) is 8.86. The lowest BCUT2D eigenvalue weighted by Crippen LogP contribution is -2.27. The molecule has 35 heavy (non-hydrogen) atoms. The molecule has 3 aromatic rings. The van der Waals surface area contributed by atoms with E-state index < -0.39 is 17.5 Å². The molecular weight excluding hydrogens is 448 g/mol. The summed E-state index contributed by atoms with van der Waals surface area (Å²) in [6, 6.07) is 13.4. The molecule has 8 heteroatoms. The van der Waals surface area contributed by atoms with E-state index in [0.29, 0.717) is 11.5 Å². The normalized spacial score (nSPS) is 15.2. The molecule has 6 nitrogen and oxygen atoms in total. The van der Waals surface area contributed by atoms with Gasteiger partial charge < -0.3 is 21.3 Å². The van der Waals surface area contributed by atoms with Crippen molar-refractivity contribution in [3.63, 3.8) is 0 Å². The minimum atomic E-state index is -0.688. The van der Waals surface area contributed by atoms with Crippen LogP contribution in [0.2, 0.25) is 0 Å². The van der Waals surface area contributed by atoms with E-state index in [-0.39, 0.29) is 17.7 Å². The molecule has 0 radical (unpaired) electrons. The number of nitrogens with two attached hydrogens (primary N) is 1. The molecule has 180 valence electrons. The molecular formula is C27H27F2N5O. The third kappa shape index (κ3) is 5.11. The molecule has 0 spiro atoms. The summed E-state index contributed by atoms with van der Waals surface area (Å²) in [6.45, 7) is 0.893. The SMILES string of the molecule is NC(=O)c1cnc(Nc2ccc(N3CCCCC3=C3CC3)cc2)cc1NCc1c(F)cccc1F. The number of rotatable bonds is 7. The average molecular weight is 476 g/mol. The number of carbonyl (C=O) groups excluding carboxylic acids is 1. The highest BCUT2D eigenvalue weighted by atomic mass is 19.1. The molecule has 4 N–H and O–H groups in total. The fraction of sp³-hybridized carbons (Fsp3) is 0.259. The van der Waals surface area contributed by atoms with Gasteiger partial charge in [0.25, 0.3) is 5.91 Å². The monoisotopic (exact) mass is 475 g/mol. The number of pyridine rings is 1. The molecule has 0 atom stereocenters. The van der Waals surface area contributed by atoms with E-state index in [0.717, 1.165) is 18.7 Å². The van der Waals surface area contributed by atoms with Crippen molar-refractivity contribution in [1.82, 2.24) is 4.98 Å². The summed E-state index contributed by atoms with van der Waals surface area (Å²) < 4.78 is 28.0. The lowest BCUT2D eigenvalue weighted by molar-refractivity contribution is 0.100. The molecule has 2 aliphatic rings. The predicted octanol–water partition coefficient (Wildman–Crippen LogP) is 5.85. The topological polar surface area (TPSA) is 83.3 Å². The van der Waals surface area contributed by atoms with Crippen LogP contribution in [0.1, 0.15) is 48.0 Å². The zero-order valence-corrected chi connectivity index (χ0v) is 19.3. The zero-order valence-electron chi connectivity index (χ0n) is 19.3. The minimum Gasteiger partial charge on any atom is -0.380 e. The van der Waals surface area contributed by atoms with E-state index in [1.165, 1.54) is 61.5 Å². The summed E-state index contributed by atoms with van der Waals surface area (Å²) in [7, 11) is 0. The highest BCUT2D eigenvalue weighted by Gasteiger charge is 2.25. The Hall–Kier alpha value is -3.94. The number of aromatic nitrogens is 1. The third-order valence-corrected chi connectivity index (χ3v) is 6.42. The molecule has 1 saturated carbocycles. The number of piperidine rings is 1. The lowest BCUT2D eigenvalue weighted by atomic mass is 10.1. The molecule has 0 unspecified atom stereocenters. The number of benzene rings is 2. The average Bonchev–Trinajstić information content (AvgIpc) is 3.70. The van der Waals surface area contributed by atoms with Crippen LogP contribution in [-0.2, 0) is 6.54 Å². The van der Waals surface area contributed by atoms with E-state index in [9.17, 15) is 13.6 Å². The van der Waals surface area contributed by atoms with Crippen LogP contribution in [0.15, 0.2) is 66.0 Å². The van der Waals surface area contributed by atoms with Gasteiger partial charge in [0.2, 0.25) is 0 Å². The van der Waals surface area contributed by atoms with E-state index in [2.05, 4.69) is 32.7 Å².